The summed E-state index contributed by atoms with van der Waals surface area (Å²) < 4.78 is 0. The Bertz CT molecular complexity index is 570. The summed E-state index contributed by atoms with van der Waals surface area (Å²) in [5, 5.41) is 23.3. The van der Waals surface area contributed by atoms with E-state index in [-0.39, 0.29) is 27.5 Å². The summed E-state index contributed by atoms with van der Waals surface area (Å²) in [4.78, 5) is 26.0. The summed E-state index contributed by atoms with van der Waals surface area (Å²) in [6.07, 6.45) is 0.351. The molecule has 0 atom stereocenters. The monoisotopic (exact) mass is 270 g/mol. The van der Waals surface area contributed by atoms with E-state index in [0.717, 1.165) is 12.1 Å². The molecular formula is C10H7ClN2O5. The topological polar surface area (TPSA) is 102 Å². The minimum absolute atomic E-state index is 0.0130. The highest BCUT2D eigenvalue weighted by Crippen LogP contribution is 2.32. The van der Waals surface area contributed by atoms with Crippen LogP contribution in [0.2, 0.25) is 5.02 Å². The maximum absolute atomic E-state index is 10.9. The molecule has 0 amide bonds. The van der Waals surface area contributed by atoms with E-state index in [1.165, 1.54) is 0 Å². The third kappa shape index (κ3) is 2.00. The number of carboxylic acid groups (broad SMARTS) is 1. The van der Waals surface area contributed by atoms with Crippen molar-refractivity contribution in [2.45, 2.75) is 6.42 Å². The first-order valence-corrected chi connectivity index (χ1v) is 5.29. The Kier molecular flexibility index (Phi) is 3.15. The molecule has 0 radical (unpaired) electrons. The Morgan fingerprint density at radius 2 is 2.28 bits per heavy atom. The van der Waals surface area contributed by atoms with Crippen molar-refractivity contribution in [1.29, 1.82) is 0 Å². The van der Waals surface area contributed by atoms with Gasteiger partial charge in [0.1, 0.15) is 6.61 Å². The molecule has 0 saturated heterocycles. The van der Waals surface area contributed by atoms with Gasteiger partial charge in [-0.3, -0.25) is 10.1 Å². The molecule has 1 aromatic rings. The van der Waals surface area contributed by atoms with Gasteiger partial charge in [-0.2, -0.15) is 0 Å². The normalized spacial score (nSPS) is 13.9. The van der Waals surface area contributed by atoms with Crippen molar-refractivity contribution in [3.63, 3.8) is 0 Å². The van der Waals surface area contributed by atoms with E-state index >= 15 is 0 Å². The minimum Gasteiger partial charge on any atom is -0.478 e. The molecule has 94 valence electrons. The third-order valence-electron chi connectivity index (χ3n) is 2.44. The van der Waals surface area contributed by atoms with Crippen LogP contribution in [0, 0.1) is 10.1 Å². The molecule has 0 spiro atoms. The van der Waals surface area contributed by atoms with Gasteiger partial charge in [0.05, 0.1) is 26.8 Å². The Morgan fingerprint density at radius 1 is 1.56 bits per heavy atom. The molecule has 2 rings (SSSR count). The Balaban J connectivity index is 2.68. The van der Waals surface area contributed by atoms with Crippen LogP contribution in [-0.4, -0.2) is 28.3 Å². The highest BCUT2D eigenvalue weighted by molar-refractivity contribution is 6.37. The number of nitrogens with zero attached hydrogens (tertiary/aromatic N) is 2. The lowest BCUT2D eigenvalue weighted by atomic mass is 10.0. The van der Waals surface area contributed by atoms with Gasteiger partial charge >= 0.3 is 5.97 Å². The lowest BCUT2D eigenvalue weighted by Gasteiger charge is -2.06. The average Bonchev–Trinajstić information content (AvgIpc) is 2.80. The van der Waals surface area contributed by atoms with Crippen LogP contribution < -0.4 is 0 Å². The molecule has 0 fully saturated rings. The summed E-state index contributed by atoms with van der Waals surface area (Å²) in [6.45, 7) is 0.292. The molecule has 7 nitrogen and oxygen atoms in total. The van der Waals surface area contributed by atoms with Crippen LogP contribution in [0.15, 0.2) is 17.3 Å². The van der Waals surface area contributed by atoms with Crippen molar-refractivity contribution in [3.8, 4) is 0 Å². The number of aromatic carboxylic acids is 1. The van der Waals surface area contributed by atoms with Gasteiger partial charge < -0.3 is 9.94 Å². The summed E-state index contributed by atoms with van der Waals surface area (Å²) in [5.74, 6) is -1.25. The van der Waals surface area contributed by atoms with Gasteiger partial charge in [-0.25, -0.2) is 4.79 Å². The zero-order valence-electron chi connectivity index (χ0n) is 8.92. The largest absolute Gasteiger partial charge is 0.478 e. The second kappa shape index (κ2) is 4.61. The molecule has 8 heteroatoms. The lowest BCUT2D eigenvalue weighted by molar-refractivity contribution is -0.385. The predicted octanol–water partition coefficient (Wildman–Crippen LogP) is 2.07. The van der Waals surface area contributed by atoms with Crippen LogP contribution in [0.25, 0.3) is 0 Å². The van der Waals surface area contributed by atoms with Gasteiger partial charge in [-0.15, -0.1) is 0 Å². The zero-order chi connectivity index (χ0) is 13.3. The molecule has 0 aromatic heterocycles. The average molecular weight is 271 g/mol. The number of carbonyl (C=O) groups is 1. The van der Waals surface area contributed by atoms with Crippen molar-refractivity contribution in [1.82, 2.24) is 0 Å². The van der Waals surface area contributed by atoms with Crippen LogP contribution in [0.4, 0.5) is 5.69 Å². The second-order valence-electron chi connectivity index (χ2n) is 3.50. The molecule has 1 aliphatic heterocycles. The van der Waals surface area contributed by atoms with Crippen molar-refractivity contribution >= 4 is 29.0 Å². The van der Waals surface area contributed by atoms with E-state index in [1.54, 1.807) is 0 Å². The number of hydrogen-bond donors (Lipinski definition) is 1. The molecule has 0 saturated carbocycles. The third-order valence-corrected chi connectivity index (χ3v) is 2.83. The molecule has 1 aromatic carbocycles. The first-order valence-electron chi connectivity index (χ1n) is 4.91. The van der Waals surface area contributed by atoms with E-state index in [4.69, 9.17) is 21.5 Å². The van der Waals surface area contributed by atoms with Crippen LogP contribution in [-0.2, 0) is 4.84 Å². The summed E-state index contributed by atoms with van der Waals surface area (Å²) >= 11 is 5.91. The van der Waals surface area contributed by atoms with E-state index in [0.29, 0.717) is 13.0 Å². The van der Waals surface area contributed by atoms with E-state index in [1.807, 2.05) is 0 Å². The number of oxime groups is 1. The Morgan fingerprint density at radius 3 is 2.78 bits per heavy atom. The Labute approximate surface area is 106 Å². The molecule has 0 bridgehead atoms. The van der Waals surface area contributed by atoms with Crippen molar-refractivity contribution in [2.75, 3.05) is 6.61 Å². The molecule has 1 heterocycles. The van der Waals surface area contributed by atoms with E-state index in [2.05, 4.69) is 5.16 Å². The van der Waals surface area contributed by atoms with Gasteiger partial charge in [-0.1, -0.05) is 16.8 Å². The zero-order valence-corrected chi connectivity index (χ0v) is 9.68. The fraction of sp³-hybridized carbons (Fsp3) is 0.200. The SMILES string of the molecule is O=C(O)c1ccc([N+](=O)[O-])c(C2=NOCC2)c1Cl. The number of carboxylic acids is 1. The van der Waals surface area contributed by atoms with Crippen LogP contribution in [0.5, 0.6) is 0 Å². The van der Waals surface area contributed by atoms with Crippen LogP contribution in [0.1, 0.15) is 22.3 Å². The van der Waals surface area contributed by atoms with Gasteiger partial charge in [0.25, 0.3) is 5.69 Å². The summed E-state index contributed by atoms with van der Waals surface area (Å²) in [5.41, 5.74) is -0.185. The number of benzene rings is 1. The fourth-order valence-electron chi connectivity index (χ4n) is 1.64. The first kappa shape index (κ1) is 12.3. The van der Waals surface area contributed by atoms with Gasteiger partial charge in [0.15, 0.2) is 0 Å². The van der Waals surface area contributed by atoms with E-state index < -0.39 is 10.9 Å². The fourth-order valence-corrected chi connectivity index (χ4v) is 1.99. The van der Waals surface area contributed by atoms with Crippen LogP contribution >= 0.6 is 11.6 Å². The minimum atomic E-state index is -1.25. The molecule has 1 aliphatic rings. The molecule has 0 unspecified atom stereocenters. The summed E-state index contributed by atoms with van der Waals surface area (Å²) in [7, 11) is 0. The summed E-state index contributed by atoms with van der Waals surface area (Å²) in [6, 6.07) is 2.20. The Hall–Kier alpha value is -2.15. The van der Waals surface area contributed by atoms with Gasteiger partial charge in [0.2, 0.25) is 0 Å². The van der Waals surface area contributed by atoms with E-state index in [9.17, 15) is 14.9 Å². The highest BCUT2D eigenvalue weighted by atomic mass is 35.5. The number of rotatable bonds is 3. The standard InChI is InChI=1S/C10H7ClN2O5/c11-9-5(10(14)15)1-2-7(13(16)17)8(9)6-3-4-18-12-6/h1-2H,3-4H2,(H,14,15). The molecule has 0 aliphatic carbocycles. The van der Waals surface area contributed by atoms with Gasteiger partial charge in [-0.05, 0) is 6.07 Å². The second-order valence-corrected chi connectivity index (χ2v) is 3.88. The number of nitro benzene ring substituents is 1. The first-order chi connectivity index (χ1) is 8.52. The molecule has 18 heavy (non-hydrogen) atoms. The highest BCUT2D eigenvalue weighted by Gasteiger charge is 2.28. The number of hydrogen-bond acceptors (Lipinski definition) is 5. The van der Waals surface area contributed by atoms with Gasteiger partial charge in [0, 0.05) is 12.5 Å². The lowest BCUT2D eigenvalue weighted by Crippen LogP contribution is -2.08. The maximum Gasteiger partial charge on any atom is 0.337 e. The number of nitro groups is 1. The van der Waals surface area contributed by atoms with Crippen molar-refractivity contribution in [3.05, 3.63) is 38.4 Å². The maximum atomic E-state index is 10.9. The predicted molar refractivity (Wildman–Crippen MR) is 62.2 cm³/mol. The quantitative estimate of drug-likeness (QED) is 0.669. The van der Waals surface area contributed by atoms with Crippen molar-refractivity contribution < 1.29 is 19.7 Å². The van der Waals surface area contributed by atoms with Crippen molar-refractivity contribution in [2.24, 2.45) is 5.16 Å². The molecular weight excluding hydrogens is 264 g/mol. The smallest absolute Gasteiger partial charge is 0.337 e. The number of halogens is 1. The molecule has 1 N–H and O–H groups in total. The van der Waals surface area contributed by atoms with Crippen LogP contribution in [0.3, 0.4) is 0 Å².